The van der Waals surface area contributed by atoms with Crippen LogP contribution in [-0.4, -0.2) is 31.1 Å². The van der Waals surface area contributed by atoms with E-state index in [2.05, 4.69) is 45.3 Å². The molecule has 3 rings (SSSR count). The molecule has 1 aromatic carbocycles. The van der Waals surface area contributed by atoms with Gasteiger partial charge in [-0.05, 0) is 78.8 Å². The highest BCUT2D eigenvalue weighted by Gasteiger charge is 2.32. The van der Waals surface area contributed by atoms with Crippen molar-refractivity contribution in [2.45, 2.75) is 37.8 Å². The molecule has 2 fully saturated rings. The number of nitrogens with one attached hydrogen (secondary N) is 1. The average Bonchev–Trinajstić information content (AvgIpc) is 3.24. The Hall–Kier alpha value is -0.0900. The lowest BCUT2D eigenvalue weighted by Crippen LogP contribution is -2.40. The molecule has 1 aromatic rings. The molecule has 2 atom stereocenters. The Morgan fingerprint density at radius 3 is 2.85 bits per heavy atom. The van der Waals surface area contributed by atoms with E-state index in [0.29, 0.717) is 12.0 Å². The second-order valence-electron chi connectivity index (χ2n) is 6.18. The molecule has 0 bridgehead atoms. The van der Waals surface area contributed by atoms with E-state index >= 15 is 0 Å². The lowest BCUT2D eigenvalue weighted by molar-refractivity contribution is 0.119. The van der Waals surface area contributed by atoms with Crippen LogP contribution in [0.3, 0.4) is 0 Å². The highest BCUT2D eigenvalue weighted by Crippen LogP contribution is 2.37. The molecule has 1 aliphatic carbocycles. The second kappa shape index (κ2) is 6.35. The summed E-state index contributed by atoms with van der Waals surface area (Å²) in [5, 5.41) is 4.50. The molecular formula is C16H22BrClN2. The molecule has 0 aromatic heterocycles. The van der Waals surface area contributed by atoms with E-state index in [0.717, 1.165) is 22.1 Å². The van der Waals surface area contributed by atoms with Crippen LogP contribution in [0.4, 0.5) is 0 Å². The van der Waals surface area contributed by atoms with Gasteiger partial charge in [0.05, 0.1) is 5.02 Å². The van der Waals surface area contributed by atoms with Crippen molar-refractivity contribution in [1.82, 2.24) is 10.2 Å². The van der Waals surface area contributed by atoms with E-state index in [-0.39, 0.29) is 0 Å². The number of piperidine rings is 1. The van der Waals surface area contributed by atoms with Gasteiger partial charge >= 0.3 is 0 Å². The smallest absolute Gasteiger partial charge is 0.0548 e. The van der Waals surface area contributed by atoms with Gasteiger partial charge in [-0.15, -0.1) is 0 Å². The fourth-order valence-corrected chi connectivity index (χ4v) is 3.82. The normalized spacial score (nSPS) is 27.8. The number of likely N-dealkylation sites (tertiary alicyclic amines) is 1. The van der Waals surface area contributed by atoms with Gasteiger partial charge in [-0.3, -0.25) is 4.90 Å². The molecule has 0 amide bonds. The van der Waals surface area contributed by atoms with Crippen LogP contribution in [0.15, 0.2) is 22.7 Å². The molecule has 1 saturated carbocycles. The molecule has 4 heteroatoms. The first-order chi connectivity index (χ1) is 9.65. The standard InChI is InChI=1S/C16H22BrClN2/c1-20-8-2-3-12(10-19-13-5-6-13)16(20)11-4-7-15(18)14(17)9-11/h4,7,9,12-13,16,19H,2-3,5-6,8,10H2,1H3. The van der Waals surface area contributed by atoms with Gasteiger partial charge in [-0.1, -0.05) is 17.7 Å². The number of nitrogens with zero attached hydrogens (tertiary/aromatic N) is 1. The minimum atomic E-state index is 0.503. The predicted octanol–water partition coefficient (Wildman–Crippen LogP) is 4.24. The number of halogens is 2. The molecule has 1 aliphatic heterocycles. The van der Waals surface area contributed by atoms with Crippen LogP contribution in [0.5, 0.6) is 0 Å². The van der Waals surface area contributed by atoms with Crippen LogP contribution in [0.1, 0.15) is 37.3 Å². The van der Waals surface area contributed by atoms with Gasteiger partial charge in [-0.2, -0.15) is 0 Å². The first kappa shape index (κ1) is 14.8. The van der Waals surface area contributed by atoms with E-state index in [1.807, 2.05) is 6.07 Å². The van der Waals surface area contributed by atoms with Crippen molar-refractivity contribution in [3.8, 4) is 0 Å². The summed E-state index contributed by atoms with van der Waals surface area (Å²) >= 11 is 9.69. The maximum atomic E-state index is 6.13. The van der Waals surface area contributed by atoms with Crippen molar-refractivity contribution in [2.24, 2.45) is 5.92 Å². The highest BCUT2D eigenvalue weighted by molar-refractivity contribution is 9.10. The van der Waals surface area contributed by atoms with Gasteiger partial charge < -0.3 is 5.32 Å². The fourth-order valence-electron chi connectivity index (χ4n) is 3.30. The van der Waals surface area contributed by atoms with Gasteiger partial charge in [0.1, 0.15) is 0 Å². The first-order valence-electron chi connectivity index (χ1n) is 7.53. The molecule has 2 aliphatic rings. The van der Waals surface area contributed by atoms with E-state index < -0.39 is 0 Å². The van der Waals surface area contributed by atoms with E-state index in [1.165, 1.54) is 37.8 Å². The molecule has 0 radical (unpaired) electrons. The van der Waals surface area contributed by atoms with Crippen molar-refractivity contribution < 1.29 is 0 Å². The summed E-state index contributed by atoms with van der Waals surface area (Å²) in [5.74, 6) is 0.697. The zero-order valence-electron chi connectivity index (χ0n) is 11.9. The summed E-state index contributed by atoms with van der Waals surface area (Å²) in [4.78, 5) is 2.50. The third-order valence-corrected chi connectivity index (χ3v) is 5.75. The van der Waals surface area contributed by atoms with Crippen molar-refractivity contribution in [3.05, 3.63) is 33.3 Å². The van der Waals surface area contributed by atoms with Crippen LogP contribution in [-0.2, 0) is 0 Å². The highest BCUT2D eigenvalue weighted by atomic mass is 79.9. The van der Waals surface area contributed by atoms with Crippen LogP contribution >= 0.6 is 27.5 Å². The number of benzene rings is 1. The third-order valence-electron chi connectivity index (χ3n) is 4.54. The van der Waals surface area contributed by atoms with Crippen LogP contribution in [0, 0.1) is 5.92 Å². The minimum Gasteiger partial charge on any atom is -0.314 e. The van der Waals surface area contributed by atoms with Crippen molar-refractivity contribution in [3.63, 3.8) is 0 Å². The number of hydrogen-bond donors (Lipinski definition) is 1. The third kappa shape index (κ3) is 3.38. The van der Waals surface area contributed by atoms with Crippen molar-refractivity contribution >= 4 is 27.5 Å². The topological polar surface area (TPSA) is 15.3 Å². The van der Waals surface area contributed by atoms with Gasteiger partial charge in [0.2, 0.25) is 0 Å². The molecular weight excluding hydrogens is 336 g/mol. The predicted molar refractivity (Wildman–Crippen MR) is 88.3 cm³/mol. The quantitative estimate of drug-likeness (QED) is 0.867. The molecule has 2 nitrogen and oxygen atoms in total. The summed E-state index contributed by atoms with van der Waals surface area (Å²) < 4.78 is 1.00. The molecule has 110 valence electrons. The molecule has 2 unspecified atom stereocenters. The van der Waals surface area contributed by atoms with Crippen LogP contribution < -0.4 is 5.32 Å². The van der Waals surface area contributed by atoms with Crippen LogP contribution in [0.25, 0.3) is 0 Å². The molecule has 0 spiro atoms. The lowest BCUT2D eigenvalue weighted by Gasteiger charge is -2.40. The molecule has 1 N–H and O–H groups in total. The average molecular weight is 358 g/mol. The molecule has 1 heterocycles. The minimum absolute atomic E-state index is 0.503. The summed E-state index contributed by atoms with van der Waals surface area (Å²) in [6, 6.07) is 7.68. The van der Waals surface area contributed by atoms with E-state index in [9.17, 15) is 0 Å². The van der Waals surface area contributed by atoms with Gasteiger partial charge in [0.15, 0.2) is 0 Å². The lowest BCUT2D eigenvalue weighted by atomic mass is 9.85. The summed E-state index contributed by atoms with van der Waals surface area (Å²) in [6.45, 7) is 2.32. The SMILES string of the molecule is CN1CCCC(CNC2CC2)C1c1ccc(Cl)c(Br)c1. The fraction of sp³-hybridized carbons (Fsp3) is 0.625. The molecule has 20 heavy (non-hydrogen) atoms. The second-order valence-corrected chi connectivity index (χ2v) is 7.45. The van der Waals surface area contributed by atoms with E-state index in [1.54, 1.807) is 0 Å². The Morgan fingerprint density at radius 2 is 2.15 bits per heavy atom. The Labute approximate surface area is 135 Å². The van der Waals surface area contributed by atoms with Gasteiger partial charge in [-0.25, -0.2) is 0 Å². The summed E-state index contributed by atoms with van der Waals surface area (Å²) in [5.41, 5.74) is 1.38. The maximum Gasteiger partial charge on any atom is 0.0548 e. The Balaban J connectivity index is 1.78. The number of rotatable bonds is 4. The van der Waals surface area contributed by atoms with Crippen LogP contribution in [0.2, 0.25) is 5.02 Å². The Morgan fingerprint density at radius 1 is 1.35 bits per heavy atom. The number of hydrogen-bond acceptors (Lipinski definition) is 2. The summed E-state index contributed by atoms with van der Waals surface area (Å²) in [7, 11) is 2.25. The van der Waals surface area contributed by atoms with Gasteiger partial charge in [0.25, 0.3) is 0 Å². The first-order valence-corrected chi connectivity index (χ1v) is 8.71. The zero-order valence-corrected chi connectivity index (χ0v) is 14.3. The Kier molecular flexibility index (Phi) is 4.71. The summed E-state index contributed by atoms with van der Waals surface area (Å²) in [6.07, 6.45) is 5.34. The van der Waals surface area contributed by atoms with E-state index in [4.69, 9.17) is 11.6 Å². The largest absolute Gasteiger partial charge is 0.314 e. The Bertz CT molecular complexity index is 476. The monoisotopic (exact) mass is 356 g/mol. The zero-order chi connectivity index (χ0) is 14.1. The maximum absolute atomic E-state index is 6.13. The molecule has 1 saturated heterocycles. The van der Waals surface area contributed by atoms with Gasteiger partial charge in [0, 0.05) is 23.1 Å². The van der Waals surface area contributed by atoms with Crippen molar-refractivity contribution in [2.75, 3.05) is 20.1 Å². The van der Waals surface area contributed by atoms with Crippen molar-refractivity contribution in [1.29, 1.82) is 0 Å².